The Morgan fingerprint density at radius 3 is 2.47 bits per heavy atom. The zero-order valence-corrected chi connectivity index (χ0v) is 12.5. The van der Waals surface area contributed by atoms with Gasteiger partial charge in [0.2, 0.25) is 0 Å². The molecule has 0 saturated heterocycles. The molecule has 0 heterocycles. The molecule has 3 N–H and O–H groups in total. The second-order valence-corrected chi connectivity index (χ2v) is 6.38. The van der Waals surface area contributed by atoms with Crippen LogP contribution in [0.3, 0.4) is 0 Å². The van der Waals surface area contributed by atoms with Crippen LogP contribution < -0.4 is 10.6 Å². The summed E-state index contributed by atoms with van der Waals surface area (Å²) in [7, 11) is 0. The lowest BCUT2D eigenvalue weighted by molar-refractivity contribution is -0.139. The molecular formula is C13H24N2O3S. The van der Waals surface area contributed by atoms with Crippen molar-refractivity contribution < 1.29 is 14.7 Å². The van der Waals surface area contributed by atoms with Crippen LogP contribution in [-0.2, 0) is 4.79 Å². The number of aliphatic carboxylic acids is 1. The number of carbonyl (C=O) groups excluding carboxylic acids is 1. The van der Waals surface area contributed by atoms with Gasteiger partial charge in [-0.15, -0.1) is 0 Å². The summed E-state index contributed by atoms with van der Waals surface area (Å²) in [4.78, 5) is 23.0. The van der Waals surface area contributed by atoms with E-state index >= 15 is 0 Å². The molecule has 1 rings (SSSR count). The lowest BCUT2D eigenvalue weighted by Crippen LogP contribution is -2.54. The van der Waals surface area contributed by atoms with Gasteiger partial charge < -0.3 is 15.7 Å². The molecule has 0 aliphatic heterocycles. The van der Waals surface area contributed by atoms with Crippen molar-refractivity contribution in [3.8, 4) is 0 Å². The minimum absolute atomic E-state index is 0.190. The van der Waals surface area contributed by atoms with Crippen molar-refractivity contribution in [3.05, 3.63) is 0 Å². The normalized spacial score (nSPS) is 19.5. The maximum Gasteiger partial charge on any atom is 0.326 e. The van der Waals surface area contributed by atoms with E-state index in [4.69, 9.17) is 5.11 Å². The quantitative estimate of drug-likeness (QED) is 0.700. The first-order chi connectivity index (χ1) is 8.97. The van der Waals surface area contributed by atoms with Gasteiger partial charge in [0.25, 0.3) is 0 Å². The summed E-state index contributed by atoms with van der Waals surface area (Å²) in [5, 5.41) is 14.6. The fourth-order valence-corrected chi connectivity index (χ4v) is 2.89. The molecular weight excluding hydrogens is 264 g/mol. The lowest BCUT2D eigenvalue weighted by atomic mass is 9.83. The van der Waals surface area contributed by atoms with Crippen LogP contribution in [0, 0.1) is 0 Å². The molecule has 0 aromatic carbocycles. The summed E-state index contributed by atoms with van der Waals surface area (Å²) in [5.74, 6) is -0.257. The third kappa shape index (κ3) is 5.72. The van der Waals surface area contributed by atoms with Crippen LogP contribution in [0.25, 0.3) is 0 Å². The Morgan fingerprint density at radius 1 is 1.32 bits per heavy atom. The van der Waals surface area contributed by atoms with Gasteiger partial charge in [-0.05, 0) is 38.2 Å². The molecule has 1 fully saturated rings. The van der Waals surface area contributed by atoms with E-state index in [1.54, 1.807) is 11.8 Å². The van der Waals surface area contributed by atoms with Gasteiger partial charge >= 0.3 is 12.0 Å². The van der Waals surface area contributed by atoms with Crippen molar-refractivity contribution >= 4 is 23.8 Å². The van der Waals surface area contributed by atoms with E-state index in [2.05, 4.69) is 10.6 Å². The Balaban J connectivity index is 2.45. The van der Waals surface area contributed by atoms with Crippen molar-refractivity contribution in [3.63, 3.8) is 0 Å². The average Bonchev–Trinajstić information content (AvgIpc) is 2.34. The molecule has 0 unspecified atom stereocenters. The van der Waals surface area contributed by atoms with E-state index < -0.39 is 12.0 Å². The van der Waals surface area contributed by atoms with Crippen LogP contribution in [0.15, 0.2) is 0 Å². The van der Waals surface area contributed by atoms with Gasteiger partial charge in [-0.25, -0.2) is 9.59 Å². The summed E-state index contributed by atoms with van der Waals surface area (Å²) in [6.07, 6.45) is 7.73. The van der Waals surface area contributed by atoms with Gasteiger partial charge in [-0.2, -0.15) is 11.8 Å². The highest BCUT2D eigenvalue weighted by Crippen LogP contribution is 2.27. The van der Waals surface area contributed by atoms with E-state index in [-0.39, 0.29) is 11.6 Å². The number of hydrogen-bond donors (Lipinski definition) is 3. The summed E-state index contributed by atoms with van der Waals surface area (Å²) < 4.78 is 0. The number of hydrogen-bond acceptors (Lipinski definition) is 3. The molecule has 0 spiro atoms. The third-order valence-electron chi connectivity index (χ3n) is 3.59. The van der Waals surface area contributed by atoms with E-state index in [0.29, 0.717) is 12.2 Å². The minimum Gasteiger partial charge on any atom is -0.480 e. The zero-order valence-electron chi connectivity index (χ0n) is 11.7. The average molecular weight is 288 g/mol. The molecule has 0 aromatic rings. The van der Waals surface area contributed by atoms with Gasteiger partial charge in [0.05, 0.1) is 0 Å². The highest BCUT2D eigenvalue weighted by Gasteiger charge is 2.29. The first-order valence-electron chi connectivity index (χ1n) is 6.77. The maximum absolute atomic E-state index is 11.9. The van der Waals surface area contributed by atoms with Crippen LogP contribution in [0.5, 0.6) is 0 Å². The number of thioether (sulfide) groups is 1. The van der Waals surface area contributed by atoms with Crippen molar-refractivity contribution in [2.75, 3.05) is 12.0 Å². The number of carbonyl (C=O) groups is 2. The highest BCUT2D eigenvalue weighted by molar-refractivity contribution is 7.98. The van der Waals surface area contributed by atoms with Crippen LogP contribution in [0.4, 0.5) is 4.79 Å². The topological polar surface area (TPSA) is 78.4 Å². The largest absolute Gasteiger partial charge is 0.480 e. The van der Waals surface area contributed by atoms with E-state index in [1.165, 1.54) is 6.42 Å². The fourth-order valence-electron chi connectivity index (χ4n) is 2.42. The van der Waals surface area contributed by atoms with Gasteiger partial charge in [0.15, 0.2) is 0 Å². The molecule has 6 heteroatoms. The molecule has 0 bridgehead atoms. The molecule has 110 valence electrons. The van der Waals surface area contributed by atoms with Crippen LogP contribution in [0.2, 0.25) is 0 Å². The van der Waals surface area contributed by atoms with Crippen molar-refractivity contribution in [2.45, 2.75) is 57.0 Å². The number of rotatable bonds is 6. The molecule has 1 atom stereocenters. The second-order valence-electron chi connectivity index (χ2n) is 5.39. The molecule has 5 nitrogen and oxygen atoms in total. The third-order valence-corrected chi connectivity index (χ3v) is 4.23. The van der Waals surface area contributed by atoms with Crippen molar-refractivity contribution in [1.29, 1.82) is 0 Å². The number of nitrogens with one attached hydrogen (secondary N) is 2. The monoisotopic (exact) mass is 288 g/mol. The molecule has 19 heavy (non-hydrogen) atoms. The van der Waals surface area contributed by atoms with Gasteiger partial charge in [0.1, 0.15) is 6.04 Å². The van der Waals surface area contributed by atoms with Crippen LogP contribution >= 0.6 is 11.8 Å². The Hall–Kier alpha value is -0.910. The molecule has 1 aliphatic carbocycles. The fraction of sp³-hybridized carbons (Fsp3) is 0.846. The van der Waals surface area contributed by atoms with Crippen molar-refractivity contribution in [1.82, 2.24) is 10.6 Å². The predicted octanol–water partition coefficient (Wildman–Crippen LogP) is 2.21. The van der Waals surface area contributed by atoms with Gasteiger partial charge in [-0.3, -0.25) is 0 Å². The highest BCUT2D eigenvalue weighted by atomic mass is 32.2. The number of amides is 2. The number of carboxylic acids is 1. The molecule has 0 radical (unpaired) electrons. The number of urea groups is 1. The van der Waals surface area contributed by atoms with Gasteiger partial charge in [0, 0.05) is 5.54 Å². The molecule has 2 amide bonds. The van der Waals surface area contributed by atoms with Crippen molar-refractivity contribution in [2.24, 2.45) is 0 Å². The summed E-state index contributed by atoms with van der Waals surface area (Å²) in [6, 6.07) is -1.17. The Labute approximate surface area is 118 Å². The van der Waals surface area contributed by atoms with Crippen LogP contribution in [-0.4, -0.2) is 40.7 Å². The van der Waals surface area contributed by atoms with E-state index in [9.17, 15) is 9.59 Å². The van der Waals surface area contributed by atoms with Gasteiger partial charge in [-0.1, -0.05) is 19.3 Å². The van der Waals surface area contributed by atoms with Crippen LogP contribution in [0.1, 0.15) is 45.4 Å². The molecule has 1 saturated carbocycles. The maximum atomic E-state index is 11.9. The first kappa shape index (κ1) is 16.1. The Bertz CT molecular complexity index is 317. The molecule has 0 aromatic heterocycles. The summed E-state index contributed by atoms with van der Waals surface area (Å²) >= 11 is 1.57. The van der Waals surface area contributed by atoms with E-state index in [0.717, 1.165) is 25.7 Å². The minimum atomic E-state index is -0.974. The first-order valence-corrected chi connectivity index (χ1v) is 8.17. The SMILES string of the molecule is CSCC[C@@H](NC(=O)NC1(C)CCCCC1)C(=O)O. The number of carboxylic acid groups (broad SMARTS) is 1. The summed E-state index contributed by atoms with van der Waals surface area (Å²) in [6.45, 7) is 2.03. The van der Waals surface area contributed by atoms with E-state index in [1.807, 2.05) is 13.2 Å². The predicted molar refractivity (Wildman–Crippen MR) is 77.6 cm³/mol. The second kappa shape index (κ2) is 7.62. The lowest BCUT2D eigenvalue weighted by Gasteiger charge is -2.34. The standard InChI is InChI=1S/C13H24N2O3S/c1-13(7-4-3-5-8-13)15-12(18)14-10(11(16)17)6-9-19-2/h10H,3-9H2,1-2H3,(H,16,17)(H2,14,15,18)/t10-/m1/s1. The Kier molecular flexibility index (Phi) is 6.48. The smallest absolute Gasteiger partial charge is 0.326 e. The Morgan fingerprint density at radius 2 is 1.95 bits per heavy atom. The zero-order chi connectivity index (χ0) is 14.3. The molecule has 1 aliphatic rings. The summed E-state index contributed by atoms with van der Waals surface area (Å²) in [5.41, 5.74) is -0.190.